The molecule has 1 aliphatic heterocycles. The average Bonchev–Trinajstić information content (AvgIpc) is 3.48. The first-order valence-electron chi connectivity index (χ1n) is 11.6. The number of hydrogen-bond acceptors (Lipinski definition) is 6. The molecular weight excluding hydrogens is 450 g/mol. The Morgan fingerprint density at radius 2 is 2.00 bits per heavy atom. The molecule has 2 aromatic heterocycles. The third-order valence-corrected chi connectivity index (χ3v) is 7.03. The van der Waals surface area contributed by atoms with Gasteiger partial charge in [-0.05, 0) is 48.6 Å². The minimum absolute atomic E-state index is 0.0472. The first-order valence-corrected chi connectivity index (χ1v) is 12.5. The molecule has 34 heavy (non-hydrogen) atoms. The monoisotopic (exact) mass is 477 g/mol. The van der Waals surface area contributed by atoms with Gasteiger partial charge in [0, 0.05) is 17.7 Å². The van der Waals surface area contributed by atoms with Crippen LogP contribution in [0.4, 0.5) is 5.69 Å². The van der Waals surface area contributed by atoms with Gasteiger partial charge in [-0.25, -0.2) is 4.98 Å². The second-order valence-corrected chi connectivity index (χ2v) is 9.78. The van der Waals surface area contributed by atoms with Crippen molar-refractivity contribution >= 4 is 45.4 Å². The number of nitrogens with zero attached hydrogens (tertiary/aromatic N) is 2. The Labute approximate surface area is 201 Å². The van der Waals surface area contributed by atoms with E-state index < -0.39 is 0 Å². The van der Waals surface area contributed by atoms with Crippen LogP contribution < -0.4 is 10.9 Å². The molecule has 1 N–H and O–H groups in total. The molecule has 5 rings (SSSR count). The van der Waals surface area contributed by atoms with Crippen LogP contribution in [0.25, 0.3) is 22.1 Å². The largest absolute Gasteiger partial charge is 0.448 e. The summed E-state index contributed by atoms with van der Waals surface area (Å²) >= 11 is 1.25. The standard InChI is InChI=1S/C26H27N3O4S/c1-16(2)17-9-11-18(12-10-17)27-22(30)15-34-26-28-23-20-7-3-4-8-21(20)33-24(23)25(31)29(26)14-19-6-5-13-32-19/h3-4,7-12,16,19H,5-6,13-15H2,1-2H3,(H,27,30)/t19-/m0/s1. The lowest BCUT2D eigenvalue weighted by Gasteiger charge is -2.15. The lowest BCUT2D eigenvalue weighted by Crippen LogP contribution is -2.29. The van der Waals surface area contributed by atoms with Crippen LogP contribution >= 0.6 is 11.8 Å². The number of anilines is 1. The van der Waals surface area contributed by atoms with Crippen LogP contribution in [0.3, 0.4) is 0 Å². The van der Waals surface area contributed by atoms with E-state index in [4.69, 9.17) is 14.1 Å². The third-order valence-electron chi connectivity index (χ3n) is 6.05. The molecule has 1 aliphatic rings. The number of para-hydroxylation sites is 1. The quantitative estimate of drug-likeness (QED) is 0.292. The normalized spacial score (nSPS) is 16.0. The highest BCUT2D eigenvalue weighted by atomic mass is 32.2. The number of fused-ring (bicyclic) bond motifs is 3. The van der Waals surface area contributed by atoms with E-state index in [9.17, 15) is 9.59 Å². The maximum Gasteiger partial charge on any atom is 0.297 e. The minimum atomic E-state index is -0.246. The molecule has 0 spiro atoms. The predicted molar refractivity (Wildman–Crippen MR) is 135 cm³/mol. The van der Waals surface area contributed by atoms with E-state index >= 15 is 0 Å². The summed E-state index contributed by atoms with van der Waals surface area (Å²) in [5, 5.41) is 4.21. The molecule has 1 saturated heterocycles. The fourth-order valence-corrected chi connectivity index (χ4v) is 5.00. The summed E-state index contributed by atoms with van der Waals surface area (Å²) in [6.07, 6.45) is 1.82. The summed E-state index contributed by atoms with van der Waals surface area (Å²) in [7, 11) is 0. The van der Waals surface area contributed by atoms with E-state index in [0.717, 1.165) is 23.9 Å². The number of benzene rings is 2. The second kappa shape index (κ2) is 9.64. The van der Waals surface area contributed by atoms with Crippen molar-refractivity contribution in [3.05, 3.63) is 64.4 Å². The van der Waals surface area contributed by atoms with Gasteiger partial charge in [0.2, 0.25) is 11.5 Å². The Morgan fingerprint density at radius 3 is 2.74 bits per heavy atom. The van der Waals surface area contributed by atoms with E-state index in [-0.39, 0.29) is 28.9 Å². The summed E-state index contributed by atoms with van der Waals surface area (Å²) in [5.74, 6) is 0.406. The second-order valence-electron chi connectivity index (χ2n) is 8.83. The van der Waals surface area contributed by atoms with Crippen LogP contribution in [0.5, 0.6) is 0 Å². The first-order chi connectivity index (χ1) is 16.5. The summed E-state index contributed by atoms with van der Waals surface area (Å²) in [6.45, 7) is 5.35. The zero-order valence-corrected chi connectivity index (χ0v) is 20.1. The molecule has 0 aliphatic carbocycles. The topological polar surface area (TPSA) is 86.4 Å². The fraction of sp³-hybridized carbons (Fsp3) is 0.346. The lowest BCUT2D eigenvalue weighted by molar-refractivity contribution is -0.113. The van der Waals surface area contributed by atoms with Gasteiger partial charge in [0.15, 0.2) is 5.16 Å². The number of ether oxygens (including phenoxy) is 1. The van der Waals surface area contributed by atoms with E-state index in [1.165, 1.54) is 17.3 Å². The van der Waals surface area contributed by atoms with Crippen LogP contribution in [0.15, 0.2) is 62.9 Å². The van der Waals surface area contributed by atoms with Crippen molar-refractivity contribution in [2.45, 2.75) is 50.4 Å². The molecule has 1 fully saturated rings. The van der Waals surface area contributed by atoms with Gasteiger partial charge in [0.05, 0.1) is 18.4 Å². The Balaban J connectivity index is 1.41. The third kappa shape index (κ3) is 4.60. The minimum Gasteiger partial charge on any atom is -0.448 e. The van der Waals surface area contributed by atoms with Gasteiger partial charge in [0.1, 0.15) is 11.1 Å². The van der Waals surface area contributed by atoms with Crippen LogP contribution in [-0.2, 0) is 16.1 Å². The van der Waals surface area contributed by atoms with E-state index in [0.29, 0.717) is 35.3 Å². The van der Waals surface area contributed by atoms with E-state index in [1.807, 2.05) is 48.5 Å². The number of nitrogens with one attached hydrogen (secondary N) is 1. The van der Waals surface area contributed by atoms with Crippen molar-refractivity contribution in [2.24, 2.45) is 0 Å². The van der Waals surface area contributed by atoms with Crippen molar-refractivity contribution in [1.82, 2.24) is 9.55 Å². The van der Waals surface area contributed by atoms with Crippen LogP contribution in [0.1, 0.15) is 38.2 Å². The molecule has 4 aromatic rings. The number of carbonyl (C=O) groups is 1. The molecule has 0 radical (unpaired) electrons. The number of thioether (sulfide) groups is 1. The zero-order chi connectivity index (χ0) is 23.7. The van der Waals surface area contributed by atoms with Gasteiger partial charge in [-0.15, -0.1) is 0 Å². The number of amides is 1. The van der Waals surface area contributed by atoms with Gasteiger partial charge in [-0.1, -0.05) is 49.9 Å². The van der Waals surface area contributed by atoms with Gasteiger partial charge in [-0.2, -0.15) is 0 Å². The number of hydrogen-bond donors (Lipinski definition) is 1. The molecular formula is C26H27N3O4S. The molecule has 8 heteroatoms. The molecule has 3 heterocycles. The van der Waals surface area contributed by atoms with Gasteiger partial charge < -0.3 is 14.5 Å². The Bertz CT molecular complexity index is 1390. The van der Waals surface area contributed by atoms with E-state index in [1.54, 1.807) is 4.57 Å². The van der Waals surface area contributed by atoms with Crippen molar-refractivity contribution in [1.29, 1.82) is 0 Å². The molecule has 2 aromatic carbocycles. The van der Waals surface area contributed by atoms with Crippen LogP contribution in [0, 0.1) is 0 Å². The Kier molecular flexibility index (Phi) is 6.43. The first kappa shape index (κ1) is 22.7. The van der Waals surface area contributed by atoms with E-state index in [2.05, 4.69) is 19.2 Å². The highest BCUT2D eigenvalue weighted by Gasteiger charge is 2.23. The number of carbonyl (C=O) groups excluding carboxylic acids is 1. The summed E-state index contributed by atoms with van der Waals surface area (Å²) in [5.41, 5.74) is 3.10. The van der Waals surface area contributed by atoms with Crippen molar-refractivity contribution in [3.8, 4) is 0 Å². The summed E-state index contributed by atoms with van der Waals surface area (Å²) in [6, 6.07) is 15.3. The number of furan rings is 1. The van der Waals surface area contributed by atoms with Gasteiger partial charge >= 0.3 is 0 Å². The Hall–Kier alpha value is -3.10. The molecule has 0 saturated carbocycles. The number of aromatic nitrogens is 2. The molecule has 0 bridgehead atoms. The zero-order valence-electron chi connectivity index (χ0n) is 19.2. The molecule has 0 unspecified atom stereocenters. The lowest BCUT2D eigenvalue weighted by atomic mass is 10.0. The Morgan fingerprint density at radius 1 is 1.21 bits per heavy atom. The SMILES string of the molecule is CC(C)c1ccc(NC(=O)CSc2nc3c(oc4ccccc43)c(=O)n2C[C@@H]2CCCO2)cc1. The molecule has 7 nitrogen and oxygen atoms in total. The highest BCUT2D eigenvalue weighted by molar-refractivity contribution is 7.99. The maximum atomic E-state index is 13.4. The van der Waals surface area contributed by atoms with Gasteiger partial charge in [0.25, 0.3) is 5.56 Å². The van der Waals surface area contributed by atoms with Crippen LogP contribution in [0.2, 0.25) is 0 Å². The van der Waals surface area contributed by atoms with Crippen molar-refractivity contribution in [2.75, 3.05) is 17.7 Å². The molecule has 1 atom stereocenters. The maximum absolute atomic E-state index is 13.4. The molecule has 1 amide bonds. The smallest absolute Gasteiger partial charge is 0.297 e. The van der Waals surface area contributed by atoms with Gasteiger partial charge in [-0.3, -0.25) is 14.2 Å². The highest BCUT2D eigenvalue weighted by Crippen LogP contribution is 2.28. The summed E-state index contributed by atoms with van der Waals surface area (Å²) in [4.78, 5) is 30.8. The fourth-order valence-electron chi connectivity index (χ4n) is 4.19. The van der Waals surface area contributed by atoms with Crippen molar-refractivity contribution < 1.29 is 13.9 Å². The van der Waals surface area contributed by atoms with Crippen LogP contribution in [-0.4, -0.2) is 33.9 Å². The average molecular weight is 478 g/mol. The molecule has 176 valence electrons. The van der Waals surface area contributed by atoms with Crippen molar-refractivity contribution in [3.63, 3.8) is 0 Å². The summed E-state index contributed by atoms with van der Waals surface area (Å²) < 4.78 is 13.2. The number of rotatable bonds is 7. The predicted octanol–water partition coefficient (Wildman–Crippen LogP) is 5.18.